The third-order valence-electron chi connectivity index (χ3n) is 10.7. The van der Waals surface area contributed by atoms with Gasteiger partial charge in [-0.1, -0.05) is 40.2 Å². The number of allylic oxidation sites excluding steroid dienone is 3. The van der Waals surface area contributed by atoms with Gasteiger partial charge in [0.1, 0.15) is 12.2 Å². The van der Waals surface area contributed by atoms with Crippen LogP contribution in [0.3, 0.4) is 0 Å². The highest BCUT2D eigenvalue weighted by molar-refractivity contribution is 5.95. The second kappa shape index (κ2) is 9.64. The summed E-state index contributed by atoms with van der Waals surface area (Å²) in [4.78, 5) is 53.3. The van der Waals surface area contributed by atoms with E-state index in [-0.39, 0.29) is 37.0 Å². The Bertz CT molecular complexity index is 1240. The fraction of sp³-hybridized carbons (Fsp3) is 0.733. The first-order chi connectivity index (χ1) is 19.1. The summed E-state index contributed by atoms with van der Waals surface area (Å²) in [5, 5.41) is 33.9. The Morgan fingerprint density at radius 3 is 2.32 bits per heavy atom. The number of ether oxygens (including phenoxy) is 4. The predicted octanol–water partition coefficient (Wildman–Crippen LogP) is 1.79. The van der Waals surface area contributed by atoms with Crippen LogP contribution in [0.2, 0.25) is 0 Å². The highest BCUT2D eigenvalue weighted by Gasteiger charge is 2.85. The molecule has 2 bridgehead atoms. The van der Waals surface area contributed by atoms with Crippen LogP contribution in [0, 0.1) is 40.4 Å². The van der Waals surface area contributed by atoms with Gasteiger partial charge < -0.3 is 34.3 Å². The van der Waals surface area contributed by atoms with E-state index >= 15 is 0 Å². The van der Waals surface area contributed by atoms with Gasteiger partial charge >= 0.3 is 17.9 Å². The molecule has 3 aliphatic carbocycles. The Kier molecular flexibility index (Phi) is 6.99. The van der Waals surface area contributed by atoms with Gasteiger partial charge in [0.25, 0.3) is 0 Å². The van der Waals surface area contributed by atoms with E-state index < -0.39 is 82.3 Å². The average Bonchev–Trinajstić information content (AvgIpc) is 3.20. The second-order valence-electron chi connectivity index (χ2n) is 13.2. The summed E-state index contributed by atoms with van der Waals surface area (Å²) >= 11 is 0. The number of aliphatic hydroxyl groups excluding tert-OH is 3. The van der Waals surface area contributed by atoms with Crippen LogP contribution in [0.15, 0.2) is 23.0 Å². The molecule has 0 radical (unpaired) electrons. The fourth-order valence-electron chi connectivity index (χ4n) is 9.15. The number of rotatable bonds is 5. The zero-order chi connectivity index (χ0) is 30.4. The number of carbonyl (C=O) groups is 4. The molecule has 226 valence electrons. The smallest absolute Gasteiger partial charge is 0.348 e. The van der Waals surface area contributed by atoms with Gasteiger partial charge in [-0.15, -0.1) is 0 Å². The lowest BCUT2D eigenvalue weighted by molar-refractivity contribution is -0.290. The summed E-state index contributed by atoms with van der Waals surface area (Å²) in [5.74, 6) is -6.24. The first kappa shape index (κ1) is 29.7. The minimum absolute atomic E-state index is 0.0209. The standard InChI is InChI=1S/C30H40O11/c1-12(2)15(13(3)4)8-19(32)41-22-24-29-11-39-30(24,27(37)38-7)25(35)21(34)23(29)28(6)10-17(31)20(33)14(5)16(28)9-18(29)40-26(22)36/h8,12-13,16,18,21-25,33-35H,9-11H2,1-7H3/t16-,18+,21+,22+,23+,24?,25-,28-,29+,30+/m0/s1. The maximum Gasteiger partial charge on any atom is 0.348 e. The minimum atomic E-state index is -2.23. The topological polar surface area (TPSA) is 166 Å². The van der Waals surface area contributed by atoms with Crippen molar-refractivity contribution in [3.8, 4) is 0 Å². The van der Waals surface area contributed by atoms with E-state index in [4.69, 9.17) is 18.9 Å². The number of ketones is 1. The Morgan fingerprint density at radius 2 is 1.73 bits per heavy atom. The molecule has 2 aliphatic heterocycles. The van der Waals surface area contributed by atoms with E-state index in [0.717, 1.165) is 12.7 Å². The molecular weight excluding hydrogens is 536 g/mol. The Hall–Kier alpha value is -2.76. The average molecular weight is 577 g/mol. The molecule has 0 aromatic rings. The summed E-state index contributed by atoms with van der Waals surface area (Å²) in [6.45, 7) is 10.9. The highest BCUT2D eigenvalue weighted by Crippen LogP contribution is 2.72. The normalized spacial score (nSPS) is 42.9. The van der Waals surface area contributed by atoms with Crippen LogP contribution in [0.4, 0.5) is 0 Å². The SMILES string of the molecule is COC(=O)[C@@]12OC[C@@]34C1[C@@H](OC(=O)C=C(C(C)C)C(C)C)C(=O)O[C@@H]3C[C@H]1C(C)=C(O)C(=O)C[C@]1(C)[C@H]4[C@@H](O)[C@@H]2O. The molecular formula is C30H40O11. The number of hydrogen-bond donors (Lipinski definition) is 3. The predicted molar refractivity (Wildman–Crippen MR) is 141 cm³/mol. The third kappa shape index (κ3) is 3.74. The van der Waals surface area contributed by atoms with E-state index in [0.29, 0.717) is 5.57 Å². The Balaban J connectivity index is 1.69. The lowest BCUT2D eigenvalue weighted by Gasteiger charge is -2.67. The quantitative estimate of drug-likeness (QED) is 0.248. The van der Waals surface area contributed by atoms with Gasteiger partial charge in [-0.3, -0.25) is 4.79 Å². The Morgan fingerprint density at radius 1 is 1.10 bits per heavy atom. The van der Waals surface area contributed by atoms with Crippen molar-refractivity contribution in [3.05, 3.63) is 23.0 Å². The van der Waals surface area contributed by atoms with Crippen molar-refractivity contribution in [1.82, 2.24) is 0 Å². The van der Waals surface area contributed by atoms with Gasteiger partial charge in [0, 0.05) is 23.8 Å². The molecule has 5 rings (SSSR count). The minimum Gasteiger partial charge on any atom is -0.504 e. The maximum atomic E-state index is 13.6. The molecule has 10 atom stereocenters. The number of esters is 3. The zero-order valence-electron chi connectivity index (χ0n) is 24.5. The van der Waals surface area contributed by atoms with Crippen molar-refractivity contribution in [3.63, 3.8) is 0 Å². The summed E-state index contributed by atoms with van der Waals surface area (Å²) in [6.07, 6.45) is -4.70. The van der Waals surface area contributed by atoms with Gasteiger partial charge in [0.15, 0.2) is 11.5 Å². The number of Topliss-reactive ketones (excluding diaryl/α,β-unsaturated/α-hetero) is 1. The van der Waals surface area contributed by atoms with E-state index in [9.17, 15) is 34.5 Å². The second-order valence-corrected chi connectivity index (χ2v) is 13.2. The monoisotopic (exact) mass is 576 g/mol. The van der Waals surface area contributed by atoms with Crippen molar-refractivity contribution in [2.24, 2.45) is 40.4 Å². The van der Waals surface area contributed by atoms with Gasteiger partial charge in [0.2, 0.25) is 11.7 Å². The molecule has 1 unspecified atom stereocenters. The first-order valence-electron chi connectivity index (χ1n) is 14.2. The molecule has 2 saturated carbocycles. The first-order valence-corrected chi connectivity index (χ1v) is 14.2. The Labute approximate surface area is 238 Å². The van der Waals surface area contributed by atoms with Gasteiger partial charge in [-0.25, -0.2) is 14.4 Å². The molecule has 2 heterocycles. The summed E-state index contributed by atoms with van der Waals surface area (Å²) in [7, 11) is 1.10. The molecule has 0 aromatic carbocycles. The number of methoxy groups -OCH3 is 1. The largest absolute Gasteiger partial charge is 0.504 e. The molecule has 5 aliphatic rings. The van der Waals surface area contributed by atoms with Crippen molar-refractivity contribution in [2.75, 3.05) is 13.7 Å². The van der Waals surface area contributed by atoms with E-state index in [2.05, 4.69) is 0 Å². The van der Waals surface area contributed by atoms with Crippen molar-refractivity contribution >= 4 is 23.7 Å². The van der Waals surface area contributed by atoms with Crippen LogP contribution >= 0.6 is 0 Å². The number of carbonyl (C=O) groups excluding carboxylic acids is 4. The lowest BCUT2D eigenvalue weighted by Crippen LogP contribution is -2.79. The molecule has 41 heavy (non-hydrogen) atoms. The van der Waals surface area contributed by atoms with Gasteiger partial charge in [0.05, 0.1) is 25.7 Å². The molecule has 4 fully saturated rings. The van der Waals surface area contributed by atoms with Crippen molar-refractivity contribution in [2.45, 2.75) is 84.4 Å². The van der Waals surface area contributed by atoms with Gasteiger partial charge in [-0.2, -0.15) is 0 Å². The molecule has 2 saturated heterocycles. The molecule has 11 nitrogen and oxygen atoms in total. The molecule has 3 N–H and O–H groups in total. The van der Waals surface area contributed by atoms with Crippen molar-refractivity contribution < 1.29 is 53.4 Å². The fourth-order valence-corrected chi connectivity index (χ4v) is 9.15. The number of hydrogen-bond acceptors (Lipinski definition) is 11. The zero-order valence-corrected chi connectivity index (χ0v) is 24.5. The van der Waals surface area contributed by atoms with E-state index in [1.165, 1.54) is 6.08 Å². The maximum absolute atomic E-state index is 13.6. The van der Waals surface area contributed by atoms with Crippen LogP contribution < -0.4 is 0 Å². The lowest BCUT2D eigenvalue weighted by atomic mass is 9.38. The van der Waals surface area contributed by atoms with Crippen LogP contribution in [0.25, 0.3) is 0 Å². The third-order valence-corrected chi connectivity index (χ3v) is 10.7. The number of fused-ring (bicyclic) bond motifs is 2. The van der Waals surface area contributed by atoms with Crippen LogP contribution in [-0.4, -0.2) is 82.7 Å². The van der Waals surface area contributed by atoms with Crippen LogP contribution in [0.1, 0.15) is 54.4 Å². The van der Waals surface area contributed by atoms with Crippen LogP contribution in [-0.2, 0) is 38.1 Å². The number of aliphatic hydroxyl groups is 3. The summed E-state index contributed by atoms with van der Waals surface area (Å²) in [5.41, 5.74) is -3.35. The summed E-state index contributed by atoms with van der Waals surface area (Å²) in [6, 6.07) is 0. The van der Waals surface area contributed by atoms with E-state index in [1.54, 1.807) is 13.8 Å². The molecule has 1 spiro atoms. The molecule has 0 amide bonds. The molecule has 11 heteroatoms. The molecule has 0 aromatic heterocycles. The van der Waals surface area contributed by atoms with Gasteiger partial charge in [-0.05, 0) is 42.1 Å². The summed E-state index contributed by atoms with van der Waals surface area (Å²) < 4.78 is 22.9. The van der Waals surface area contributed by atoms with Crippen LogP contribution in [0.5, 0.6) is 0 Å². The van der Waals surface area contributed by atoms with E-state index in [1.807, 2.05) is 27.7 Å². The van der Waals surface area contributed by atoms with Crippen molar-refractivity contribution in [1.29, 1.82) is 0 Å². The highest BCUT2D eigenvalue weighted by atomic mass is 16.6.